The van der Waals surface area contributed by atoms with Gasteiger partial charge in [-0.05, 0) is 54.6 Å². The molecule has 0 unspecified atom stereocenters. The van der Waals surface area contributed by atoms with Crippen molar-refractivity contribution < 1.29 is 18.7 Å². The third-order valence-corrected chi connectivity index (χ3v) is 5.64. The van der Waals surface area contributed by atoms with Crippen molar-refractivity contribution in [3.05, 3.63) is 78.4 Å². The minimum Gasteiger partial charge on any atom is -0.497 e. The summed E-state index contributed by atoms with van der Waals surface area (Å²) in [6.07, 6.45) is 3.36. The molecule has 0 aliphatic rings. The molecule has 0 fully saturated rings. The molecule has 9 heteroatoms. The van der Waals surface area contributed by atoms with Crippen molar-refractivity contribution in [3.63, 3.8) is 0 Å². The highest BCUT2D eigenvalue weighted by Crippen LogP contribution is 2.29. The molecule has 0 aliphatic carbocycles. The Morgan fingerprint density at radius 1 is 1.00 bits per heavy atom. The number of ketones is 1. The molecule has 2 aromatic carbocycles. The number of thioether (sulfide) groups is 1. The van der Waals surface area contributed by atoms with Gasteiger partial charge in [0, 0.05) is 29.2 Å². The number of pyridine rings is 1. The molecule has 0 aliphatic heterocycles. The van der Waals surface area contributed by atoms with Crippen LogP contribution in [0.15, 0.2) is 72.1 Å². The molecule has 2 heterocycles. The minimum absolute atomic E-state index is 0.0659. The second-order valence-corrected chi connectivity index (χ2v) is 7.58. The van der Waals surface area contributed by atoms with Gasteiger partial charge < -0.3 is 9.47 Å². The fourth-order valence-corrected chi connectivity index (χ4v) is 3.92. The van der Waals surface area contributed by atoms with Crippen LogP contribution in [-0.2, 0) is 0 Å². The van der Waals surface area contributed by atoms with Crippen LogP contribution in [0.1, 0.15) is 10.4 Å². The first-order valence-corrected chi connectivity index (χ1v) is 10.6. The van der Waals surface area contributed by atoms with Gasteiger partial charge in [-0.1, -0.05) is 11.8 Å². The Morgan fingerprint density at radius 2 is 1.75 bits per heavy atom. The number of halogens is 1. The predicted octanol–water partition coefficient (Wildman–Crippen LogP) is 4.46. The number of Topliss-reactive ketones (excluding diaryl/α,β-unsaturated/α-hetero) is 1. The Balaban J connectivity index is 1.64. The molecule has 2 aromatic heterocycles. The monoisotopic (exact) mass is 450 g/mol. The zero-order valence-electron chi connectivity index (χ0n) is 17.4. The lowest BCUT2D eigenvalue weighted by Crippen LogP contribution is -2.06. The van der Waals surface area contributed by atoms with Crippen LogP contribution >= 0.6 is 11.8 Å². The van der Waals surface area contributed by atoms with Gasteiger partial charge in [0.15, 0.2) is 28.3 Å². The van der Waals surface area contributed by atoms with Gasteiger partial charge in [0.2, 0.25) is 0 Å². The van der Waals surface area contributed by atoms with E-state index < -0.39 is 5.82 Å². The molecule has 0 N–H and O–H groups in total. The van der Waals surface area contributed by atoms with Crippen LogP contribution in [0.2, 0.25) is 0 Å². The van der Waals surface area contributed by atoms with Gasteiger partial charge in [0.1, 0.15) is 5.75 Å². The van der Waals surface area contributed by atoms with Crippen molar-refractivity contribution in [2.45, 2.75) is 5.16 Å². The molecule has 0 bridgehead atoms. The zero-order valence-corrected chi connectivity index (χ0v) is 18.2. The normalized spacial score (nSPS) is 10.7. The van der Waals surface area contributed by atoms with Crippen LogP contribution in [0.25, 0.3) is 17.1 Å². The van der Waals surface area contributed by atoms with Crippen LogP contribution in [0.4, 0.5) is 4.39 Å². The standard InChI is InChI=1S/C23H19FN4O3S/c1-30-18-6-4-17(5-7-18)28-22(15-9-11-25-12-10-15)26-27-23(28)32-14-20(29)16-3-8-21(31-2)19(24)13-16/h3-13H,14H2,1-2H3. The maximum Gasteiger partial charge on any atom is 0.196 e. The van der Waals surface area contributed by atoms with E-state index in [4.69, 9.17) is 9.47 Å². The first kappa shape index (κ1) is 21.5. The van der Waals surface area contributed by atoms with Crippen molar-refractivity contribution in [1.82, 2.24) is 19.7 Å². The van der Waals surface area contributed by atoms with E-state index in [1.54, 1.807) is 25.6 Å². The molecule has 4 rings (SSSR count). The molecule has 0 saturated carbocycles. The van der Waals surface area contributed by atoms with Gasteiger partial charge in [0.05, 0.1) is 20.0 Å². The fraction of sp³-hybridized carbons (Fsp3) is 0.130. The second kappa shape index (κ2) is 9.61. The summed E-state index contributed by atoms with van der Waals surface area (Å²) in [5, 5.41) is 9.17. The topological polar surface area (TPSA) is 79.1 Å². The number of rotatable bonds is 8. The minimum atomic E-state index is -0.579. The highest BCUT2D eigenvalue weighted by atomic mass is 32.2. The predicted molar refractivity (Wildman–Crippen MR) is 119 cm³/mol. The number of hydrogen-bond donors (Lipinski definition) is 0. The first-order chi connectivity index (χ1) is 15.6. The smallest absolute Gasteiger partial charge is 0.196 e. The molecule has 0 spiro atoms. The Hall–Kier alpha value is -3.72. The molecule has 4 aromatic rings. The zero-order chi connectivity index (χ0) is 22.5. The molecule has 0 atom stereocenters. The lowest BCUT2D eigenvalue weighted by molar-refractivity contribution is 0.102. The average molecular weight is 450 g/mol. The first-order valence-electron chi connectivity index (χ1n) is 9.60. The molecular weight excluding hydrogens is 431 g/mol. The van der Waals surface area contributed by atoms with Gasteiger partial charge in [-0.3, -0.25) is 14.3 Å². The fourth-order valence-electron chi connectivity index (χ4n) is 3.07. The Labute approximate surface area is 188 Å². The summed E-state index contributed by atoms with van der Waals surface area (Å²) in [5.41, 5.74) is 1.91. The number of benzene rings is 2. The lowest BCUT2D eigenvalue weighted by atomic mass is 10.1. The van der Waals surface area contributed by atoms with E-state index in [-0.39, 0.29) is 22.8 Å². The van der Waals surface area contributed by atoms with E-state index in [9.17, 15) is 9.18 Å². The summed E-state index contributed by atoms with van der Waals surface area (Å²) < 4.78 is 26.0. The SMILES string of the molecule is COc1ccc(-n2c(SCC(=O)c3ccc(OC)c(F)c3)nnc2-c2ccncc2)cc1. The van der Waals surface area contributed by atoms with Crippen LogP contribution in [0.5, 0.6) is 11.5 Å². The number of methoxy groups -OCH3 is 2. The highest BCUT2D eigenvalue weighted by Gasteiger charge is 2.18. The maximum absolute atomic E-state index is 14.0. The van der Waals surface area contributed by atoms with Crippen molar-refractivity contribution in [3.8, 4) is 28.6 Å². The van der Waals surface area contributed by atoms with Crippen LogP contribution < -0.4 is 9.47 Å². The number of hydrogen-bond acceptors (Lipinski definition) is 7. The summed E-state index contributed by atoms with van der Waals surface area (Å²) in [6.45, 7) is 0. The Kier molecular flexibility index (Phi) is 6.46. The van der Waals surface area contributed by atoms with Gasteiger partial charge in [-0.2, -0.15) is 0 Å². The number of aromatic nitrogens is 4. The average Bonchev–Trinajstić information content (AvgIpc) is 3.27. The number of nitrogens with zero attached hydrogens (tertiary/aromatic N) is 4. The van der Waals surface area contributed by atoms with Gasteiger partial charge >= 0.3 is 0 Å². The maximum atomic E-state index is 14.0. The summed E-state index contributed by atoms with van der Waals surface area (Å²) in [4.78, 5) is 16.7. The van der Waals surface area contributed by atoms with E-state index >= 15 is 0 Å². The van der Waals surface area contributed by atoms with Crippen molar-refractivity contribution in [2.75, 3.05) is 20.0 Å². The van der Waals surface area contributed by atoms with Gasteiger partial charge in [-0.15, -0.1) is 10.2 Å². The van der Waals surface area contributed by atoms with E-state index in [0.717, 1.165) is 17.0 Å². The third-order valence-electron chi connectivity index (χ3n) is 4.71. The Bertz CT molecular complexity index is 1230. The summed E-state index contributed by atoms with van der Waals surface area (Å²) >= 11 is 1.23. The van der Waals surface area contributed by atoms with Gasteiger partial charge in [0.25, 0.3) is 0 Å². The van der Waals surface area contributed by atoms with Crippen LogP contribution in [-0.4, -0.2) is 45.5 Å². The highest BCUT2D eigenvalue weighted by molar-refractivity contribution is 7.99. The molecular formula is C23H19FN4O3S. The molecule has 32 heavy (non-hydrogen) atoms. The molecule has 7 nitrogen and oxygen atoms in total. The number of ether oxygens (including phenoxy) is 2. The molecule has 162 valence electrons. The second-order valence-electron chi connectivity index (χ2n) is 6.64. The van der Waals surface area contributed by atoms with Crippen molar-refractivity contribution >= 4 is 17.5 Å². The van der Waals surface area contributed by atoms with E-state index in [0.29, 0.717) is 11.0 Å². The quantitative estimate of drug-likeness (QED) is 0.290. The summed E-state index contributed by atoms with van der Waals surface area (Å²) in [6, 6.07) is 15.3. The Morgan fingerprint density at radius 3 is 2.41 bits per heavy atom. The van der Waals surface area contributed by atoms with Crippen molar-refractivity contribution in [1.29, 1.82) is 0 Å². The molecule has 0 amide bonds. The van der Waals surface area contributed by atoms with E-state index in [1.807, 2.05) is 41.0 Å². The van der Waals surface area contributed by atoms with Crippen molar-refractivity contribution in [2.24, 2.45) is 0 Å². The van der Waals surface area contributed by atoms with Crippen LogP contribution in [0.3, 0.4) is 0 Å². The lowest BCUT2D eigenvalue weighted by Gasteiger charge is -2.11. The molecule has 0 radical (unpaired) electrons. The summed E-state index contributed by atoms with van der Waals surface area (Å²) in [5.74, 6) is 0.684. The van der Waals surface area contributed by atoms with Crippen LogP contribution in [0, 0.1) is 5.82 Å². The number of carbonyl (C=O) groups is 1. The molecule has 0 saturated heterocycles. The third kappa shape index (κ3) is 4.47. The van der Waals surface area contributed by atoms with Gasteiger partial charge in [-0.25, -0.2) is 4.39 Å². The van der Waals surface area contributed by atoms with E-state index in [1.165, 1.54) is 31.0 Å². The number of carbonyl (C=O) groups excluding carboxylic acids is 1. The van der Waals surface area contributed by atoms with E-state index in [2.05, 4.69) is 15.2 Å². The largest absolute Gasteiger partial charge is 0.497 e. The summed E-state index contributed by atoms with van der Waals surface area (Å²) in [7, 11) is 2.98.